The Morgan fingerprint density at radius 3 is 2.42 bits per heavy atom. The first-order valence-electron chi connectivity index (χ1n) is 8.52. The molecule has 1 N–H and O–H groups in total. The monoisotopic (exact) mass is 322 g/mol. The third-order valence-electron chi connectivity index (χ3n) is 4.48. The van der Waals surface area contributed by atoms with Gasteiger partial charge in [-0.3, -0.25) is 0 Å². The van der Waals surface area contributed by atoms with Gasteiger partial charge in [0.05, 0.1) is 12.0 Å². The van der Waals surface area contributed by atoms with Crippen LogP contribution in [0.25, 0.3) is 0 Å². The summed E-state index contributed by atoms with van der Waals surface area (Å²) in [6.45, 7) is 2.11. The Kier molecular flexibility index (Phi) is 5.42. The number of benzene rings is 2. The highest BCUT2D eigenvalue weighted by atomic mass is 19.1. The zero-order chi connectivity index (χ0) is 16.8. The molecule has 0 aliphatic carbocycles. The summed E-state index contributed by atoms with van der Waals surface area (Å²) in [5.74, 6) is 0.0220. The average molecular weight is 322 g/mol. The van der Waals surface area contributed by atoms with Crippen LogP contribution < -0.4 is 0 Å². The topological polar surface area (TPSA) is 28.7 Å². The Labute approximate surface area is 142 Å². The molecule has 1 unspecified atom stereocenters. The maximum Gasteiger partial charge on any atom is 0.123 e. The third-order valence-corrected chi connectivity index (χ3v) is 4.48. The second kappa shape index (κ2) is 7.91. The molecule has 2 aromatic carbocycles. The van der Waals surface area contributed by atoms with Gasteiger partial charge in [-0.25, -0.2) is 9.37 Å². The molecule has 1 aromatic heterocycles. The highest BCUT2D eigenvalue weighted by molar-refractivity contribution is 5.27. The molecule has 0 spiro atoms. The average Bonchev–Trinajstić information content (AvgIpc) is 3.12. The van der Waals surface area contributed by atoms with Crippen molar-refractivity contribution in [1.82, 2.24) is 9.97 Å². The van der Waals surface area contributed by atoms with E-state index < -0.39 is 0 Å². The Hall–Kier alpha value is -2.42. The van der Waals surface area contributed by atoms with Gasteiger partial charge in [0.2, 0.25) is 0 Å². The summed E-state index contributed by atoms with van der Waals surface area (Å²) in [4.78, 5) is 7.44. The van der Waals surface area contributed by atoms with Crippen molar-refractivity contribution in [1.29, 1.82) is 0 Å². The van der Waals surface area contributed by atoms with Crippen molar-refractivity contribution in [2.45, 2.75) is 38.5 Å². The summed E-state index contributed by atoms with van der Waals surface area (Å²) >= 11 is 0. The van der Waals surface area contributed by atoms with E-state index in [-0.39, 0.29) is 11.7 Å². The fraction of sp³-hybridized carbons (Fsp3) is 0.286. The molecule has 0 saturated carbocycles. The number of nitrogens with one attached hydrogen (secondary N) is 1. The SMILES string of the molecule is Cc1ccc(CCCCC(c2ccc(F)cc2)c2c[nH]cn2)cc1. The number of nitrogens with zero attached hydrogens (tertiary/aromatic N) is 1. The molecule has 1 heterocycles. The normalized spacial score (nSPS) is 12.2. The first kappa shape index (κ1) is 16.4. The largest absolute Gasteiger partial charge is 0.351 e. The minimum absolute atomic E-state index is 0.195. The molecule has 0 saturated heterocycles. The highest BCUT2D eigenvalue weighted by Crippen LogP contribution is 2.28. The number of unbranched alkanes of at least 4 members (excludes halogenated alkanes) is 1. The first-order valence-corrected chi connectivity index (χ1v) is 8.52. The molecule has 0 amide bonds. The maximum absolute atomic E-state index is 13.2. The summed E-state index contributed by atoms with van der Waals surface area (Å²) in [5.41, 5.74) is 4.84. The quantitative estimate of drug-likeness (QED) is 0.579. The molecule has 0 aliphatic heterocycles. The standard InChI is InChI=1S/C21H23FN2/c1-16-6-8-17(9-7-16)4-2-3-5-20(21-14-23-15-24-21)18-10-12-19(22)13-11-18/h6-15,20H,2-5H2,1H3,(H,23,24). The molecular weight excluding hydrogens is 299 g/mol. The number of aromatic amines is 1. The predicted molar refractivity (Wildman–Crippen MR) is 95.6 cm³/mol. The number of aromatic nitrogens is 2. The molecule has 3 aromatic rings. The van der Waals surface area contributed by atoms with E-state index in [4.69, 9.17) is 0 Å². The molecule has 2 nitrogen and oxygen atoms in total. The van der Waals surface area contributed by atoms with E-state index in [0.717, 1.165) is 36.9 Å². The highest BCUT2D eigenvalue weighted by Gasteiger charge is 2.16. The van der Waals surface area contributed by atoms with Crippen LogP contribution >= 0.6 is 0 Å². The van der Waals surface area contributed by atoms with E-state index in [1.807, 2.05) is 18.3 Å². The van der Waals surface area contributed by atoms with Gasteiger partial charge in [0.15, 0.2) is 0 Å². The van der Waals surface area contributed by atoms with Gasteiger partial charge in [0, 0.05) is 12.1 Å². The van der Waals surface area contributed by atoms with Crippen LogP contribution in [0.4, 0.5) is 4.39 Å². The van der Waals surface area contributed by atoms with Crippen molar-refractivity contribution in [3.63, 3.8) is 0 Å². The summed E-state index contributed by atoms with van der Waals surface area (Å²) in [6.07, 6.45) is 8.01. The van der Waals surface area contributed by atoms with Crippen molar-refractivity contribution in [2.24, 2.45) is 0 Å². The molecule has 124 valence electrons. The molecular formula is C21H23FN2. The summed E-state index contributed by atoms with van der Waals surface area (Å²) in [6, 6.07) is 15.5. The maximum atomic E-state index is 13.2. The van der Waals surface area contributed by atoms with Crippen LogP contribution in [-0.2, 0) is 6.42 Å². The van der Waals surface area contributed by atoms with Gasteiger partial charge in [-0.15, -0.1) is 0 Å². The molecule has 0 aliphatic rings. The first-order chi connectivity index (χ1) is 11.7. The Balaban J connectivity index is 1.60. The van der Waals surface area contributed by atoms with E-state index in [2.05, 4.69) is 41.2 Å². The number of aryl methyl sites for hydroxylation is 2. The number of hydrogen-bond acceptors (Lipinski definition) is 1. The van der Waals surface area contributed by atoms with Gasteiger partial charge >= 0.3 is 0 Å². The molecule has 3 heteroatoms. The lowest BCUT2D eigenvalue weighted by Gasteiger charge is -2.15. The van der Waals surface area contributed by atoms with E-state index in [9.17, 15) is 4.39 Å². The van der Waals surface area contributed by atoms with Crippen LogP contribution in [0.15, 0.2) is 61.1 Å². The smallest absolute Gasteiger partial charge is 0.123 e. The van der Waals surface area contributed by atoms with Gasteiger partial charge in [0.1, 0.15) is 5.82 Å². The second-order valence-corrected chi connectivity index (χ2v) is 6.33. The zero-order valence-corrected chi connectivity index (χ0v) is 14.0. The molecule has 24 heavy (non-hydrogen) atoms. The Morgan fingerprint density at radius 2 is 1.75 bits per heavy atom. The predicted octanol–water partition coefficient (Wildman–Crippen LogP) is 5.40. The Bertz CT molecular complexity index is 731. The van der Waals surface area contributed by atoms with Crippen LogP contribution in [0.1, 0.15) is 47.6 Å². The third kappa shape index (κ3) is 4.31. The fourth-order valence-electron chi connectivity index (χ4n) is 3.08. The van der Waals surface area contributed by atoms with E-state index in [1.54, 1.807) is 6.33 Å². The molecule has 3 rings (SSSR count). The van der Waals surface area contributed by atoms with Gasteiger partial charge in [-0.1, -0.05) is 48.4 Å². The van der Waals surface area contributed by atoms with Gasteiger partial charge in [-0.2, -0.15) is 0 Å². The van der Waals surface area contributed by atoms with Gasteiger partial charge in [0.25, 0.3) is 0 Å². The number of H-pyrrole nitrogens is 1. The number of hydrogen-bond donors (Lipinski definition) is 1. The van der Waals surface area contributed by atoms with Crippen LogP contribution in [-0.4, -0.2) is 9.97 Å². The van der Waals surface area contributed by atoms with Crippen LogP contribution in [0.3, 0.4) is 0 Å². The number of imidazole rings is 1. The van der Waals surface area contributed by atoms with Crippen molar-refractivity contribution < 1.29 is 4.39 Å². The summed E-state index contributed by atoms with van der Waals surface area (Å²) in [5, 5.41) is 0. The summed E-state index contributed by atoms with van der Waals surface area (Å²) in [7, 11) is 0. The van der Waals surface area contributed by atoms with Crippen molar-refractivity contribution in [3.05, 3.63) is 89.3 Å². The van der Waals surface area contributed by atoms with Gasteiger partial charge < -0.3 is 4.98 Å². The number of rotatable bonds is 7. The van der Waals surface area contributed by atoms with Crippen molar-refractivity contribution in [3.8, 4) is 0 Å². The second-order valence-electron chi connectivity index (χ2n) is 6.33. The lowest BCUT2D eigenvalue weighted by atomic mass is 9.90. The molecule has 0 radical (unpaired) electrons. The minimum atomic E-state index is -0.195. The fourth-order valence-corrected chi connectivity index (χ4v) is 3.08. The van der Waals surface area contributed by atoms with Gasteiger partial charge in [-0.05, 0) is 49.4 Å². The Morgan fingerprint density at radius 1 is 1.00 bits per heavy atom. The van der Waals surface area contributed by atoms with Crippen LogP contribution in [0, 0.1) is 12.7 Å². The zero-order valence-electron chi connectivity index (χ0n) is 14.0. The van der Waals surface area contributed by atoms with Crippen LogP contribution in [0.5, 0.6) is 0 Å². The lowest BCUT2D eigenvalue weighted by molar-refractivity contribution is 0.609. The summed E-state index contributed by atoms with van der Waals surface area (Å²) < 4.78 is 13.2. The van der Waals surface area contributed by atoms with Crippen molar-refractivity contribution in [2.75, 3.05) is 0 Å². The van der Waals surface area contributed by atoms with E-state index in [0.29, 0.717) is 0 Å². The van der Waals surface area contributed by atoms with Crippen molar-refractivity contribution >= 4 is 0 Å². The van der Waals surface area contributed by atoms with Crippen LogP contribution in [0.2, 0.25) is 0 Å². The van der Waals surface area contributed by atoms with E-state index in [1.165, 1.54) is 23.3 Å². The lowest BCUT2D eigenvalue weighted by Crippen LogP contribution is -2.02. The molecule has 0 bridgehead atoms. The minimum Gasteiger partial charge on any atom is -0.351 e. The molecule has 1 atom stereocenters. The molecule has 0 fully saturated rings. The number of halogens is 1. The van der Waals surface area contributed by atoms with E-state index >= 15 is 0 Å².